The Kier molecular flexibility index (Phi) is 5.68. The van der Waals surface area contributed by atoms with Crippen molar-refractivity contribution in [3.63, 3.8) is 0 Å². The Morgan fingerprint density at radius 3 is 2.35 bits per heavy atom. The fraction of sp³-hybridized carbons (Fsp3) is 0.250. The molecular weight excluding hydrogens is 374 g/mol. The van der Waals surface area contributed by atoms with Crippen molar-refractivity contribution >= 4 is 23.4 Å². The highest BCUT2D eigenvalue weighted by Crippen LogP contribution is 2.34. The van der Waals surface area contributed by atoms with Crippen molar-refractivity contribution in [2.24, 2.45) is 0 Å². The number of nitrogens with zero attached hydrogens (tertiary/aromatic N) is 1. The van der Waals surface area contributed by atoms with E-state index in [2.05, 4.69) is 9.97 Å². The van der Waals surface area contributed by atoms with Crippen LogP contribution < -0.4 is 0 Å². The first-order valence-corrected chi connectivity index (χ1v) is 9.88. The van der Waals surface area contributed by atoms with Crippen LogP contribution in [0.3, 0.4) is 0 Å². The zero-order valence-corrected chi connectivity index (χ0v) is 16.3. The number of thioether (sulfide) groups is 1. The van der Waals surface area contributed by atoms with Crippen molar-refractivity contribution in [2.75, 3.05) is 6.26 Å². The predicted molar refractivity (Wildman–Crippen MR) is 103 cm³/mol. The molecule has 0 spiro atoms. The maximum atomic E-state index is 14.0. The maximum absolute atomic E-state index is 14.0. The van der Waals surface area contributed by atoms with Gasteiger partial charge in [0.25, 0.3) is 0 Å². The van der Waals surface area contributed by atoms with Crippen LogP contribution in [0.4, 0.5) is 8.78 Å². The molecule has 26 heavy (non-hydrogen) atoms. The van der Waals surface area contributed by atoms with Crippen molar-refractivity contribution in [2.45, 2.75) is 31.2 Å². The highest BCUT2D eigenvalue weighted by atomic mass is 35.5. The van der Waals surface area contributed by atoms with Gasteiger partial charge in [0, 0.05) is 5.69 Å². The summed E-state index contributed by atoms with van der Waals surface area (Å²) in [6.07, 6.45) is 2.55. The van der Waals surface area contributed by atoms with Gasteiger partial charge in [-0.3, -0.25) is 0 Å². The van der Waals surface area contributed by atoms with Gasteiger partial charge in [-0.25, -0.2) is 13.8 Å². The maximum Gasteiger partial charge on any atom is 0.141 e. The quantitative estimate of drug-likeness (QED) is 0.530. The van der Waals surface area contributed by atoms with Gasteiger partial charge >= 0.3 is 0 Å². The monoisotopic (exact) mass is 392 g/mol. The fourth-order valence-corrected chi connectivity index (χ4v) is 3.78. The lowest BCUT2D eigenvalue weighted by Gasteiger charge is -2.18. The van der Waals surface area contributed by atoms with Gasteiger partial charge in [-0.2, -0.15) is 0 Å². The van der Waals surface area contributed by atoms with Crippen molar-refractivity contribution in [1.82, 2.24) is 9.97 Å². The topological polar surface area (TPSA) is 28.7 Å². The summed E-state index contributed by atoms with van der Waals surface area (Å²) < 4.78 is 27.6. The second-order valence-electron chi connectivity index (χ2n) is 6.07. The summed E-state index contributed by atoms with van der Waals surface area (Å²) >= 11 is 7.56. The van der Waals surface area contributed by atoms with Gasteiger partial charge in [-0.1, -0.05) is 36.7 Å². The van der Waals surface area contributed by atoms with E-state index >= 15 is 0 Å². The third-order valence-corrected chi connectivity index (χ3v) is 5.46. The molecular formula is C20H19ClF2N2S. The summed E-state index contributed by atoms with van der Waals surface area (Å²) in [6.45, 7) is 3.87. The lowest BCUT2D eigenvalue weighted by molar-refractivity contribution is 0.610. The number of H-pyrrole nitrogens is 1. The van der Waals surface area contributed by atoms with Gasteiger partial charge in [-0.15, -0.1) is 11.8 Å². The van der Waals surface area contributed by atoms with Crippen LogP contribution >= 0.6 is 23.4 Å². The largest absolute Gasteiger partial charge is 0.344 e. The third kappa shape index (κ3) is 3.64. The molecule has 0 saturated carbocycles. The van der Waals surface area contributed by atoms with Gasteiger partial charge in [0.15, 0.2) is 0 Å². The molecule has 3 aromatic rings. The van der Waals surface area contributed by atoms with Crippen LogP contribution in [0, 0.1) is 18.6 Å². The van der Waals surface area contributed by atoms with E-state index in [1.807, 2.05) is 26.2 Å². The number of aryl methyl sites for hydroxylation is 2. The molecule has 1 N–H and O–H groups in total. The number of benzene rings is 2. The molecule has 1 heterocycles. The Morgan fingerprint density at radius 2 is 1.77 bits per heavy atom. The molecule has 0 aliphatic heterocycles. The first kappa shape index (κ1) is 18.9. The molecule has 0 bridgehead atoms. The minimum Gasteiger partial charge on any atom is -0.344 e. The minimum atomic E-state index is -0.469. The van der Waals surface area contributed by atoms with Gasteiger partial charge in [-0.05, 0) is 54.5 Å². The average Bonchev–Trinajstić information content (AvgIpc) is 3.00. The lowest BCUT2D eigenvalue weighted by atomic mass is 9.89. The number of hydrogen-bond acceptors (Lipinski definition) is 2. The Hall–Kier alpha value is -1.85. The summed E-state index contributed by atoms with van der Waals surface area (Å²) in [4.78, 5) is 8.00. The smallest absolute Gasteiger partial charge is 0.141 e. The van der Waals surface area contributed by atoms with E-state index in [1.165, 1.54) is 12.1 Å². The summed E-state index contributed by atoms with van der Waals surface area (Å²) in [5.41, 5.74) is 3.27. The molecule has 136 valence electrons. The van der Waals surface area contributed by atoms with Crippen molar-refractivity contribution in [1.29, 1.82) is 0 Å². The molecule has 0 radical (unpaired) electrons. The number of aromatic nitrogens is 2. The molecule has 0 aliphatic carbocycles. The van der Waals surface area contributed by atoms with Crippen molar-refractivity contribution in [3.05, 3.63) is 81.3 Å². The average molecular weight is 393 g/mol. The first-order chi connectivity index (χ1) is 12.4. The molecule has 0 aliphatic rings. The molecule has 0 fully saturated rings. The highest BCUT2D eigenvalue weighted by molar-refractivity contribution is 7.98. The van der Waals surface area contributed by atoms with Crippen LogP contribution in [0.5, 0.6) is 0 Å². The zero-order valence-electron chi connectivity index (χ0n) is 14.7. The second kappa shape index (κ2) is 7.80. The zero-order chi connectivity index (χ0) is 18.8. The first-order valence-electron chi connectivity index (χ1n) is 8.28. The Bertz CT molecular complexity index is 940. The van der Waals surface area contributed by atoms with Crippen LogP contribution in [0.25, 0.3) is 0 Å². The summed E-state index contributed by atoms with van der Waals surface area (Å²) in [5.74, 6) is -0.266. The van der Waals surface area contributed by atoms with E-state index in [4.69, 9.17) is 11.6 Å². The molecule has 0 amide bonds. The van der Waals surface area contributed by atoms with Gasteiger partial charge in [0.2, 0.25) is 0 Å². The van der Waals surface area contributed by atoms with Crippen LogP contribution in [0.2, 0.25) is 5.02 Å². The van der Waals surface area contributed by atoms with Crippen LogP contribution in [0.15, 0.2) is 41.4 Å². The second-order valence-corrected chi connectivity index (χ2v) is 7.27. The Balaban J connectivity index is 2.19. The van der Waals surface area contributed by atoms with E-state index in [9.17, 15) is 8.78 Å². The number of imidazole rings is 1. The number of halogens is 3. The molecule has 6 heteroatoms. The summed E-state index contributed by atoms with van der Waals surface area (Å²) in [7, 11) is 0. The predicted octanol–water partition coefficient (Wildman–Crippen LogP) is 6.11. The third-order valence-electron chi connectivity index (χ3n) is 4.39. The van der Waals surface area contributed by atoms with Gasteiger partial charge < -0.3 is 4.98 Å². The van der Waals surface area contributed by atoms with Crippen molar-refractivity contribution in [3.8, 4) is 0 Å². The van der Waals surface area contributed by atoms with E-state index in [1.54, 1.807) is 30.0 Å². The van der Waals surface area contributed by atoms with Crippen LogP contribution in [-0.4, -0.2) is 16.2 Å². The molecule has 1 unspecified atom stereocenters. The van der Waals surface area contributed by atoms with Crippen molar-refractivity contribution < 1.29 is 8.78 Å². The highest BCUT2D eigenvalue weighted by Gasteiger charge is 2.23. The Labute approximate surface area is 161 Å². The number of aromatic amines is 1. The van der Waals surface area contributed by atoms with Crippen LogP contribution in [0.1, 0.15) is 41.1 Å². The number of nitrogens with one attached hydrogen (secondary N) is 1. The molecule has 0 saturated heterocycles. The molecule has 2 aromatic carbocycles. The molecule has 2 nitrogen and oxygen atoms in total. The van der Waals surface area contributed by atoms with Crippen LogP contribution in [-0.2, 0) is 6.42 Å². The van der Waals surface area contributed by atoms with E-state index < -0.39 is 5.82 Å². The van der Waals surface area contributed by atoms with E-state index in [0.717, 1.165) is 27.7 Å². The normalized spacial score (nSPS) is 12.4. The van der Waals surface area contributed by atoms with E-state index in [0.29, 0.717) is 12.0 Å². The Morgan fingerprint density at radius 1 is 1.12 bits per heavy atom. The molecule has 1 aromatic heterocycles. The summed E-state index contributed by atoms with van der Waals surface area (Å²) in [6, 6.07) is 9.70. The van der Waals surface area contributed by atoms with E-state index in [-0.39, 0.29) is 16.8 Å². The molecule has 3 rings (SSSR count). The standard InChI is InChI=1S/C20H19ClF2N2S/c1-4-12-9-13(5-7-16(12)22)18(14-6-8-17(23)15(21)10-14)19-24-11(2)20(25-19)26-3/h5-10,18H,4H2,1-3H3,(H,24,25). The van der Waals surface area contributed by atoms with Gasteiger partial charge in [0.05, 0.1) is 10.9 Å². The van der Waals surface area contributed by atoms with Gasteiger partial charge in [0.1, 0.15) is 22.5 Å². The SMILES string of the molecule is CCc1cc(C(c2ccc(F)c(Cl)c2)c2nc(SC)c(C)[nH]2)ccc1F. The lowest BCUT2D eigenvalue weighted by Crippen LogP contribution is -2.07. The molecule has 1 atom stereocenters. The number of rotatable bonds is 5. The fourth-order valence-electron chi connectivity index (χ4n) is 3.05. The minimum absolute atomic E-state index is 0.0543. The number of hydrogen-bond donors (Lipinski definition) is 1. The summed E-state index contributed by atoms with van der Waals surface area (Å²) in [5, 5.41) is 0.953.